The van der Waals surface area contributed by atoms with Gasteiger partial charge in [0.15, 0.2) is 11.3 Å². The zero-order valence-corrected chi connectivity index (χ0v) is 45.5. The Hall–Kier alpha value is -4.96. The van der Waals surface area contributed by atoms with E-state index in [0.717, 1.165) is 15.5 Å². The molecular formula is C54H81N7O12S. The van der Waals surface area contributed by atoms with Gasteiger partial charge in [-0.15, -0.1) is 11.3 Å². The van der Waals surface area contributed by atoms with Crippen LogP contribution in [0.4, 0.5) is 0 Å². The number of methoxy groups -OCH3 is 2. The molecule has 2 aromatic rings. The smallest absolute Gasteiger partial charge is 0.253 e. The van der Waals surface area contributed by atoms with Crippen molar-refractivity contribution in [2.75, 3.05) is 74.0 Å². The van der Waals surface area contributed by atoms with E-state index in [4.69, 9.17) is 29.4 Å². The van der Waals surface area contributed by atoms with Crippen molar-refractivity contribution in [3.05, 3.63) is 64.6 Å². The van der Waals surface area contributed by atoms with E-state index in [2.05, 4.69) is 15.6 Å². The van der Waals surface area contributed by atoms with Gasteiger partial charge in [0.25, 0.3) is 17.7 Å². The third kappa shape index (κ3) is 15.1. The van der Waals surface area contributed by atoms with Crippen molar-refractivity contribution in [2.24, 2.45) is 23.5 Å². The first-order valence-electron chi connectivity index (χ1n) is 26.2. The maximum Gasteiger partial charge on any atom is 0.253 e. The van der Waals surface area contributed by atoms with E-state index in [0.29, 0.717) is 57.9 Å². The summed E-state index contributed by atoms with van der Waals surface area (Å²) in [5.74, 6) is -4.20. The quantitative estimate of drug-likeness (QED) is 0.0530. The fourth-order valence-corrected chi connectivity index (χ4v) is 11.3. The highest BCUT2D eigenvalue weighted by Gasteiger charge is 2.57. The van der Waals surface area contributed by atoms with Gasteiger partial charge in [-0.1, -0.05) is 84.2 Å². The highest BCUT2D eigenvalue weighted by Crippen LogP contribution is 2.38. The fourth-order valence-electron chi connectivity index (χ4n) is 10.6. The maximum atomic E-state index is 15.1. The molecule has 20 heteroatoms. The van der Waals surface area contributed by atoms with Crippen LogP contribution in [0.1, 0.15) is 109 Å². The number of ketones is 1. The van der Waals surface area contributed by atoms with Crippen molar-refractivity contribution in [3.8, 4) is 0 Å². The second kappa shape index (κ2) is 28.8. The van der Waals surface area contributed by atoms with Gasteiger partial charge in [0.05, 0.1) is 88.9 Å². The first kappa shape index (κ1) is 59.9. The predicted octanol–water partition coefficient (Wildman–Crippen LogP) is 4.18. The number of amides is 6. The third-order valence-corrected chi connectivity index (χ3v) is 16.0. The Morgan fingerprint density at radius 2 is 1.54 bits per heavy atom. The van der Waals surface area contributed by atoms with E-state index in [1.807, 2.05) is 56.5 Å². The molecule has 8 atom stereocenters. The topological polar surface area (TPSA) is 238 Å². The minimum Gasteiger partial charge on any atom is -0.379 e. The van der Waals surface area contributed by atoms with Gasteiger partial charge in [-0.2, -0.15) is 0 Å². The van der Waals surface area contributed by atoms with Crippen LogP contribution in [0.2, 0.25) is 0 Å². The Kier molecular flexibility index (Phi) is 23.3. The van der Waals surface area contributed by atoms with Crippen LogP contribution in [0.3, 0.4) is 0 Å². The number of nitrogens with zero attached hydrogens (tertiary/aromatic N) is 4. The van der Waals surface area contributed by atoms with Crippen molar-refractivity contribution in [3.63, 3.8) is 0 Å². The van der Waals surface area contributed by atoms with Gasteiger partial charge in [0, 0.05) is 58.0 Å². The normalized spacial score (nSPS) is 19.7. The molecule has 2 aliphatic heterocycles. The van der Waals surface area contributed by atoms with Gasteiger partial charge in [0.1, 0.15) is 10.5 Å². The number of nitrogens with one attached hydrogen (secondary N) is 2. The lowest BCUT2D eigenvalue weighted by molar-refractivity contribution is -0.155. The van der Waals surface area contributed by atoms with Gasteiger partial charge in [-0.05, 0) is 49.5 Å². The highest BCUT2D eigenvalue weighted by molar-refractivity contribution is 7.09. The molecule has 410 valence electrons. The van der Waals surface area contributed by atoms with Crippen LogP contribution in [0, 0.1) is 17.8 Å². The summed E-state index contributed by atoms with van der Waals surface area (Å²) in [5.41, 5.74) is 4.77. The summed E-state index contributed by atoms with van der Waals surface area (Å²) < 4.78 is 28.8. The van der Waals surface area contributed by atoms with Crippen molar-refractivity contribution in [1.29, 1.82) is 0 Å². The SMILES string of the molecule is CC[C@H](C)[C@@H]([C@@H](CC(=O)N1CCC[C@H]1[C@H](OC)[C@@H](C)C(=O)N[C@@H](Cc1ccccc1)c1nccs1)OC)N(C)C(=O)[C@](N)(C(=O)C1(NC(=O)CCOCCOCCOCCN2C(=O)C=CC2=O)CCCC1)C(C)C. The van der Waals surface area contributed by atoms with Crippen LogP contribution in [0.15, 0.2) is 54.1 Å². The van der Waals surface area contributed by atoms with E-state index in [-0.39, 0.29) is 94.6 Å². The molecule has 3 aliphatic rings. The minimum absolute atomic E-state index is 0.0364. The summed E-state index contributed by atoms with van der Waals surface area (Å²) in [6.07, 6.45) is 7.13. The number of carbonyl (C=O) groups excluding carboxylic acids is 7. The Morgan fingerprint density at radius 1 is 0.905 bits per heavy atom. The highest BCUT2D eigenvalue weighted by atomic mass is 32.1. The molecule has 19 nitrogen and oxygen atoms in total. The van der Waals surface area contributed by atoms with Gasteiger partial charge in [-0.3, -0.25) is 38.5 Å². The number of hydrogen-bond donors (Lipinski definition) is 3. The number of likely N-dealkylation sites (tertiary alicyclic amines) is 1. The van der Waals surface area contributed by atoms with Crippen LogP contribution in [-0.2, 0) is 63.7 Å². The molecule has 0 unspecified atom stereocenters. The first-order chi connectivity index (χ1) is 35.4. The van der Waals surface area contributed by atoms with Crippen molar-refractivity contribution >= 4 is 52.6 Å². The van der Waals surface area contributed by atoms with Crippen molar-refractivity contribution < 1.29 is 57.2 Å². The molecule has 5 rings (SSSR count). The summed E-state index contributed by atoms with van der Waals surface area (Å²) in [5, 5.41) is 8.89. The largest absolute Gasteiger partial charge is 0.379 e. The minimum atomic E-state index is -2.04. The number of ether oxygens (including phenoxy) is 5. The second-order valence-corrected chi connectivity index (χ2v) is 21.0. The number of Topliss-reactive ketones (excluding diaryl/α,β-unsaturated/α-hetero) is 1. The number of nitrogens with two attached hydrogens (primary N) is 1. The van der Waals surface area contributed by atoms with Crippen LogP contribution in [-0.4, -0.2) is 170 Å². The molecule has 1 aromatic carbocycles. The standard InChI is InChI=1S/C54H81N7O12S/c1-9-37(4)47(42(69-7)35-46(65)60-25-15-18-41(60)48(70-8)38(5)49(66)57-40(50-56-24-33-74-50)34-39-16-11-10-12-17-39)59(6)52(68)54(55,36(2)3)51(67)53(22-13-14-23-53)58-43(62)21-27-71-29-31-73-32-30-72-28-26-61-44(63)19-20-45(61)64/h10-12,16-17,19-20,24,33,36-38,40-42,47-48H,9,13-15,18,21-23,25-32,34-35,55H2,1-8H3,(H,57,66)(H,58,62)/t37-,38+,40-,41-,42+,47-,48+,54+/m0/s1. The van der Waals surface area contributed by atoms with E-state index >= 15 is 9.59 Å². The number of aromatic nitrogens is 1. The van der Waals surface area contributed by atoms with E-state index in [1.54, 1.807) is 39.1 Å². The van der Waals surface area contributed by atoms with Crippen LogP contribution in [0.25, 0.3) is 0 Å². The molecular weight excluding hydrogens is 971 g/mol. The fraction of sp³-hybridized carbons (Fsp3) is 0.667. The van der Waals surface area contributed by atoms with Gasteiger partial charge in [0.2, 0.25) is 17.7 Å². The third-order valence-electron chi connectivity index (χ3n) is 15.1. The van der Waals surface area contributed by atoms with Crippen LogP contribution >= 0.6 is 11.3 Å². The number of thiazole rings is 1. The first-order valence-corrected chi connectivity index (χ1v) is 27.1. The molecule has 74 heavy (non-hydrogen) atoms. The summed E-state index contributed by atoms with van der Waals surface area (Å²) in [6.45, 7) is 11.1. The molecule has 1 saturated heterocycles. The maximum absolute atomic E-state index is 15.1. The number of rotatable bonds is 32. The molecule has 1 saturated carbocycles. The van der Waals surface area contributed by atoms with Crippen molar-refractivity contribution in [1.82, 2.24) is 30.3 Å². The molecule has 1 aromatic heterocycles. The van der Waals surface area contributed by atoms with Gasteiger partial charge < -0.3 is 49.9 Å². The molecule has 0 bridgehead atoms. The van der Waals surface area contributed by atoms with E-state index in [1.165, 1.54) is 35.5 Å². The Labute approximate surface area is 440 Å². The summed E-state index contributed by atoms with van der Waals surface area (Å²) in [4.78, 5) is 104. The number of likely N-dealkylation sites (N-methyl/N-ethyl adjacent to an activating group) is 1. The molecule has 4 N–H and O–H groups in total. The van der Waals surface area contributed by atoms with E-state index in [9.17, 15) is 24.0 Å². The summed E-state index contributed by atoms with van der Waals surface area (Å²) >= 11 is 1.48. The van der Waals surface area contributed by atoms with E-state index < -0.39 is 64.8 Å². The molecule has 0 radical (unpaired) electrons. The van der Waals surface area contributed by atoms with Gasteiger partial charge in [-0.25, -0.2) is 4.98 Å². The Morgan fingerprint density at radius 3 is 2.12 bits per heavy atom. The summed E-state index contributed by atoms with van der Waals surface area (Å²) in [7, 11) is 4.68. The number of imide groups is 1. The van der Waals surface area contributed by atoms with Crippen LogP contribution < -0.4 is 16.4 Å². The average molecular weight is 1050 g/mol. The zero-order valence-electron chi connectivity index (χ0n) is 44.7. The van der Waals surface area contributed by atoms with Gasteiger partial charge >= 0.3 is 0 Å². The Bertz CT molecular complexity index is 2170. The van der Waals surface area contributed by atoms with Crippen molar-refractivity contribution in [2.45, 2.75) is 140 Å². The average Bonchev–Trinajstić information content (AvgIpc) is 4.25. The Balaban J connectivity index is 1.18. The molecule has 3 heterocycles. The zero-order chi connectivity index (χ0) is 54.0. The lowest BCUT2D eigenvalue weighted by Gasteiger charge is -2.45. The molecule has 0 spiro atoms. The lowest BCUT2D eigenvalue weighted by atomic mass is 9.72. The molecule has 6 amide bonds. The number of benzene rings is 1. The second-order valence-electron chi connectivity index (χ2n) is 20.1. The lowest BCUT2D eigenvalue weighted by Crippen LogP contribution is -2.72. The molecule has 1 aliphatic carbocycles. The van der Waals surface area contributed by atoms with Crippen LogP contribution in [0.5, 0.6) is 0 Å². The number of carbonyl (C=O) groups is 7. The number of hydrogen-bond acceptors (Lipinski definition) is 15. The summed E-state index contributed by atoms with van der Waals surface area (Å²) in [6, 6.07) is 8.49. The monoisotopic (exact) mass is 1050 g/mol. The molecule has 2 fully saturated rings. The predicted molar refractivity (Wildman–Crippen MR) is 278 cm³/mol.